The van der Waals surface area contributed by atoms with Crippen LogP contribution in [0.1, 0.15) is 0 Å². The molecule has 0 fully saturated rings. The molecule has 4 N–H and O–H groups in total. The smallest absolute Gasteiger partial charge is 0.335 e. The number of rotatable bonds is 3. The number of aliphatic carboxylic acids is 2. The van der Waals surface area contributed by atoms with E-state index in [0.717, 1.165) is 0 Å². The van der Waals surface area contributed by atoms with Gasteiger partial charge in [-0.15, -0.1) is 0 Å². The Hall–Kier alpha value is 0.431. The second kappa shape index (κ2) is 6.00. The molecule has 0 spiro atoms. The third-order valence-electron chi connectivity index (χ3n) is 0.805. The van der Waals surface area contributed by atoms with Crippen LogP contribution in [0.5, 0.6) is 0 Å². The third kappa shape index (κ3) is 4.80. The minimum atomic E-state index is -2.27. The van der Waals surface area contributed by atoms with Crippen LogP contribution in [0.15, 0.2) is 0 Å². The number of hydrogen-bond acceptors (Lipinski definition) is 4. The molecular formula is C4H6BaO6. The molecule has 0 aliphatic heterocycles. The van der Waals surface area contributed by atoms with Crippen molar-refractivity contribution < 1.29 is 30.0 Å². The summed E-state index contributed by atoms with van der Waals surface area (Å²) in [5, 5.41) is 32.5. The normalized spacial score (nSPS) is 14.4. The molecule has 7 heteroatoms. The molecule has 0 aromatic rings. The van der Waals surface area contributed by atoms with Crippen molar-refractivity contribution in [2.75, 3.05) is 0 Å². The Morgan fingerprint density at radius 1 is 0.909 bits per heavy atom. The molecule has 2 unspecified atom stereocenters. The Morgan fingerprint density at radius 2 is 1.09 bits per heavy atom. The largest absolute Gasteiger partial charge is 0.479 e. The Kier molecular flexibility index (Phi) is 7.63. The first-order chi connectivity index (χ1) is 4.46. The van der Waals surface area contributed by atoms with Crippen LogP contribution in [0.25, 0.3) is 0 Å². The maximum atomic E-state index is 9.77. The molecule has 0 saturated heterocycles. The van der Waals surface area contributed by atoms with Crippen LogP contribution in [-0.2, 0) is 9.59 Å². The van der Waals surface area contributed by atoms with E-state index in [4.69, 9.17) is 20.4 Å². The van der Waals surface area contributed by atoms with Gasteiger partial charge in [-0.3, -0.25) is 0 Å². The molecule has 0 aliphatic rings. The summed E-state index contributed by atoms with van der Waals surface area (Å²) in [5.74, 6) is -3.54. The minimum absolute atomic E-state index is 0. The monoisotopic (exact) mass is 288 g/mol. The molecule has 0 heterocycles. The van der Waals surface area contributed by atoms with Crippen LogP contribution in [-0.4, -0.2) is 93.5 Å². The molecule has 6 nitrogen and oxygen atoms in total. The predicted molar refractivity (Wildman–Crippen MR) is 33.0 cm³/mol. The number of hydrogen-bond donors (Lipinski definition) is 4. The topological polar surface area (TPSA) is 115 Å². The molecule has 2 radical (unpaired) electrons. The van der Waals surface area contributed by atoms with Gasteiger partial charge >= 0.3 is 11.9 Å². The molecule has 0 amide bonds. The number of carboxylic acid groups (broad SMARTS) is 2. The average Bonchev–Trinajstić information content (AvgIpc) is 1.84. The van der Waals surface area contributed by atoms with Crippen LogP contribution in [0.4, 0.5) is 0 Å². The maximum Gasteiger partial charge on any atom is 0.335 e. The molecule has 2 atom stereocenters. The molecule has 60 valence electrons. The van der Waals surface area contributed by atoms with Crippen LogP contribution in [0, 0.1) is 0 Å². The molecule has 0 aliphatic carbocycles. The van der Waals surface area contributed by atoms with Gasteiger partial charge in [0.15, 0.2) is 12.2 Å². The van der Waals surface area contributed by atoms with Gasteiger partial charge in [0.2, 0.25) is 0 Å². The van der Waals surface area contributed by atoms with E-state index in [1.807, 2.05) is 0 Å². The van der Waals surface area contributed by atoms with Crippen molar-refractivity contribution in [3.8, 4) is 0 Å². The van der Waals surface area contributed by atoms with E-state index in [1.165, 1.54) is 0 Å². The van der Waals surface area contributed by atoms with Crippen molar-refractivity contribution in [2.24, 2.45) is 0 Å². The van der Waals surface area contributed by atoms with Gasteiger partial charge in [-0.2, -0.15) is 0 Å². The van der Waals surface area contributed by atoms with Crippen molar-refractivity contribution in [1.82, 2.24) is 0 Å². The van der Waals surface area contributed by atoms with Crippen molar-refractivity contribution >= 4 is 60.8 Å². The maximum absolute atomic E-state index is 9.77. The molecule has 0 aromatic carbocycles. The van der Waals surface area contributed by atoms with Gasteiger partial charge in [0, 0.05) is 48.9 Å². The Morgan fingerprint density at radius 3 is 1.18 bits per heavy atom. The molecule has 0 saturated carbocycles. The molecule has 0 rings (SSSR count). The van der Waals surface area contributed by atoms with E-state index in [1.54, 1.807) is 0 Å². The van der Waals surface area contributed by atoms with E-state index < -0.39 is 24.1 Å². The SMILES string of the molecule is O=C(O)C(O)C(O)C(=O)O.[Ba]. The Balaban J connectivity index is 0. The van der Waals surface area contributed by atoms with Gasteiger partial charge in [0.05, 0.1) is 0 Å². The summed E-state index contributed by atoms with van der Waals surface area (Å²) in [6.45, 7) is 0. The van der Waals surface area contributed by atoms with Gasteiger partial charge in [-0.25, -0.2) is 9.59 Å². The number of aliphatic hydroxyl groups is 2. The van der Waals surface area contributed by atoms with Gasteiger partial charge in [-0.05, 0) is 0 Å². The van der Waals surface area contributed by atoms with E-state index in [9.17, 15) is 9.59 Å². The van der Waals surface area contributed by atoms with Gasteiger partial charge in [0.25, 0.3) is 0 Å². The Labute approximate surface area is 102 Å². The number of carbonyl (C=O) groups is 2. The zero-order valence-corrected chi connectivity index (χ0v) is 9.91. The fourth-order valence-electron chi connectivity index (χ4n) is 0.270. The standard InChI is InChI=1S/C4H6O6.Ba/c5-1(3(7)8)2(6)4(9)10;/h1-2,5-6H,(H,7,8)(H,9,10);. The summed E-state index contributed by atoms with van der Waals surface area (Å²) in [6.07, 6.45) is -4.53. The zero-order valence-electron chi connectivity index (χ0n) is 5.47. The zero-order chi connectivity index (χ0) is 8.31. The Bertz CT molecular complexity index is 139. The summed E-state index contributed by atoms with van der Waals surface area (Å²) in [7, 11) is 0. The minimum Gasteiger partial charge on any atom is -0.479 e. The van der Waals surface area contributed by atoms with Gasteiger partial charge in [-0.1, -0.05) is 0 Å². The van der Waals surface area contributed by atoms with E-state index in [0.29, 0.717) is 0 Å². The van der Waals surface area contributed by atoms with Crippen molar-refractivity contribution in [3.63, 3.8) is 0 Å². The van der Waals surface area contributed by atoms with Crippen LogP contribution < -0.4 is 0 Å². The quantitative estimate of drug-likeness (QED) is 0.427. The first-order valence-electron chi connectivity index (χ1n) is 2.28. The molecule has 0 aromatic heterocycles. The van der Waals surface area contributed by atoms with Gasteiger partial charge in [0.1, 0.15) is 0 Å². The summed E-state index contributed by atoms with van der Waals surface area (Å²) in [5.41, 5.74) is 0. The second-order valence-corrected chi connectivity index (χ2v) is 1.57. The van der Waals surface area contributed by atoms with Crippen molar-refractivity contribution in [3.05, 3.63) is 0 Å². The van der Waals surface area contributed by atoms with Gasteiger partial charge < -0.3 is 20.4 Å². The van der Waals surface area contributed by atoms with Crippen molar-refractivity contribution in [2.45, 2.75) is 12.2 Å². The predicted octanol–water partition coefficient (Wildman–Crippen LogP) is -2.50. The second-order valence-electron chi connectivity index (χ2n) is 1.57. The first-order valence-corrected chi connectivity index (χ1v) is 2.28. The summed E-state index contributed by atoms with van der Waals surface area (Å²) in [6, 6.07) is 0. The molecule has 11 heavy (non-hydrogen) atoms. The van der Waals surface area contributed by atoms with Crippen molar-refractivity contribution in [1.29, 1.82) is 0 Å². The molecular weight excluding hydrogens is 281 g/mol. The van der Waals surface area contributed by atoms with E-state index in [2.05, 4.69) is 0 Å². The summed E-state index contributed by atoms with van der Waals surface area (Å²) in [4.78, 5) is 19.5. The summed E-state index contributed by atoms with van der Waals surface area (Å²) >= 11 is 0. The van der Waals surface area contributed by atoms with E-state index in [-0.39, 0.29) is 48.9 Å². The third-order valence-corrected chi connectivity index (χ3v) is 0.805. The fraction of sp³-hybridized carbons (Fsp3) is 0.500. The van der Waals surface area contributed by atoms with E-state index >= 15 is 0 Å². The number of aliphatic hydroxyl groups excluding tert-OH is 2. The average molecular weight is 287 g/mol. The molecule has 0 bridgehead atoms. The first kappa shape index (κ1) is 14.0. The summed E-state index contributed by atoms with van der Waals surface area (Å²) < 4.78 is 0. The number of carboxylic acids is 2. The fourth-order valence-corrected chi connectivity index (χ4v) is 0.270. The van der Waals surface area contributed by atoms with Crippen LogP contribution in [0.3, 0.4) is 0 Å². The van der Waals surface area contributed by atoms with Crippen LogP contribution in [0.2, 0.25) is 0 Å². The van der Waals surface area contributed by atoms with Crippen LogP contribution >= 0.6 is 0 Å².